The zero-order valence-corrected chi connectivity index (χ0v) is 16.6. The second-order valence-corrected chi connectivity index (χ2v) is 8.37. The fourth-order valence-electron chi connectivity index (χ4n) is 3.35. The van der Waals surface area contributed by atoms with Crippen LogP contribution in [0.2, 0.25) is 0 Å². The van der Waals surface area contributed by atoms with Crippen molar-refractivity contribution in [1.29, 1.82) is 0 Å². The number of piperazine rings is 1. The van der Waals surface area contributed by atoms with E-state index in [1.807, 2.05) is 11.8 Å². The molecule has 0 bridgehead atoms. The monoisotopic (exact) mass is 369 g/mol. The zero-order valence-electron chi connectivity index (χ0n) is 15.8. The molecule has 1 saturated heterocycles. The van der Waals surface area contributed by atoms with Crippen LogP contribution in [-0.4, -0.2) is 48.8 Å². The molecule has 2 aliphatic heterocycles. The predicted octanol–water partition coefficient (Wildman–Crippen LogP) is 4.26. The van der Waals surface area contributed by atoms with Crippen molar-refractivity contribution in [3.8, 4) is 0 Å². The average molecular weight is 370 g/mol. The number of hydrogen-bond donors (Lipinski definition) is 0. The van der Waals surface area contributed by atoms with Crippen LogP contribution in [-0.2, 0) is 11.3 Å². The first-order valence-corrected chi connectivity index (χ1v) is 10.2. The molecule has 2 aromatic rings. The van der Waals surface area contributed by atoms with Gasteiger partial charge in [0.15, 0.2) is 0 Å². The molecule has 26 heavy (non-hydrogen) atoms. The summed E-state index contributed by atoms with van der Waals surface area (Å²) >= 11 is 1.85. The lowest BCUT2D eigenvalue weighted by atomic mass is 10.1. The van der Waals surface area contributed by atoms with Gasteiger partial charge in [-0.15, -0.1) is 0 Å². The van der Waals surface area contributed by atoms with E-state index in [0.29, 0.717) is 6.61 Å². The SMILES string of the molecule is CC(C)OCc1ccn2c1Sc1cc(N3CCN(C)CC3)ccc1C=C2. The molecule has 0 atom stereocenters. The fraction of sp³-hybridized carbons (Fsp3) is 0.429. The van der Waals surface area contributed by atoms with Gasteiger partial charge in [0.2, 0.25) is 0 Å². The normalized spacial score (nSPS) is 17.3. The van der Waals surface area contributed by atoms with Crippen molar-refractivity contribution in [3.63, 3.8) is 0 Å². The van der Waals surface area contributed by atoms with Gasteiger partial charge in [0.25, 0.3) is 0 Å². The Morgan fingerprint density at radius 2 is 1.92 bits per heavy atom. The molecule has 5 heteroatoms. The van der Waals surface area contributed by atoms with Gasteiger partial charge >= 0.3 is 0 Å². The first-order valence-electron chi connectivity index (χ1n) is 9.35. The van der Waals surface area contributed by atoms with Crippen LogP contribution in [0.3, 0.4) is 0 Å². The van der Waals surface area contributed by atoms with Gasteiger partial charge in [-0.3, -0.25) is 0 Å². The van der Waals surface area contributed by atoms with Crippen molar-refractivity contribution in [1.82, 2.24) is 9.47 Å². The van der Waals surface area contributed by atoms with E-state index in [1.54, 1.807) is 0 Å². The van der Waals surface area contributed by atoms with Gasteiger partial charge in [-0.1, -0.05) is 17.8 Å². The lowest BCUT2D eigenvalue weighted by Gasteiger charge is -2.34. The van der Waals surface area contributed by atoms with Gasteiger partial charge in [-0.2, -0.15) is 0 Å². The summed E-state index contributed by atoms with van der Waals surface area (Å²) in [6.45, 7) is 9.28. The maximum atomic E-state index is 5.85. The van der Waals surface area contributed by atoms with Crippen LogP contribution in [0.25, 0.3) is 12.3 Å². The fourth-order valence-corrected chi connectivity index (χ4v) is 4.48. The molecular formula is C21H27N3OS. The Kier molecular flexibility index (Phi) is 5.11. The number of ether oxygens (including phenoxy) is 1. The third kappa shape index (κ3) is 3.70. The number of anilines is 1. The minimum Gasteiger partial charge on any atom is -0.374 e. The summed E-state index contributed by atoms with van der Waals surface area (Å²) in [6, 6.07) is 9.04. The van der Waals surface area contributed by atoms with Gasteiger partial charge in [0.05, 0.1) is 17.7 Å². The van der Waals surface area contributed by atoms with Crippen LogP contribution in [0.4, 0.5) is 5.69 Å². The van der Waals surface area contributed by atoms with E-state index in [2.05, 4.69) is 78.0 Å². The quantitative estimate of drug-likeness (QED) is 0.685. The number of benzene rings is 1. The van der Waals surface area contributed by atoms with Crippen LogP contribution in [0.15, 0.2) is 40.4 Å². The average Bonchev–Trinajstić information content (AvgIpc) is 2.91. The minimum atomic E-state index is 0.244. The van der Waals surface area contributed by atoms with Crippen LogP contribution >= 0.6 is 11.8 Å². The van der Waals surface area contributed by atoms with E-state index in [4.69, 9.17) is 4.74 Å². The highest BCUT2D eigenvalue weighted by molar-refractivity contribution is 7.99. The van der Waals surface area contributed by atoms with Crippen molar-refractivity contribution in [2.75, 3.05) is 38.1 Å². The number of aromatic nitrogens is 1. The third-order valence-electron chi connectivity index (χ3n) is 5.00. The van der Waals surface area contributed by atoms with E-state index >= 15 is 0 Å². The molecule has 1 fully saturated rings. The number of hydrogen-bond acceptors (Lipinski definition) is 4. The molecule has 0 N–H and O–H groups in total. The highest BCUT2D eigenvalue weighted by Crippen LogP contribution is 2.39. The summed E-state index contributed by atoms with van der Waals surface area (Å²) in [5.74, 6) is 0. The Balaban J connectivity index is 1.59. The molecule has 3 heterocycles. The van der Waals surface area contributed by atoms with Gasteiger partial charge in [0.1, 0.15) is 0 Å². The summed E-state index contributed by atoms with van der Waals surface area (Å²) in [7, 11) is 2.20. The minimum absolute atomic E-state index is 0.244. The Bertz CT molecular complexity index is 804. The molecule has 0 aliphatic carbocycles. The van der Waals surface area contributed by atoms with Gasteiger partial charge in [0, 0.05) is 54.7 Å². The second kappa shape index (κ2) is 7.51. The molecule has 1 aromatic carbocycles. The van der Waals surface area contributed by atoms with Crippen molar-refractivity contribution in [3.05, 3.63) is 41.6 Å². The number of likely N-dealkylation sites (N-methyl/N-ethyl adjacent to an activating group) is 1. The molecule has 4 rings (SSSR count). The molecule has 1 aromatic heterocycles. The molecule has 138 valence electrons. The molecular weight excluding hydrogens is 342 g/mol. The van der Waals surface area contributed by atoms with Crippen LogP contribution in [0, 0.1) is 0 Å². The van der Waals surface area contributed by atoms with Crippen LogP contribution < -0.4 is 4.90 Å². The summed E-state index contributed by atoms with van der Waals surface area (Å²) in [5, 5.41) is 1.26. The lowest BCUT2D eigenvalue weighted by molar-refractivity contribution is 0.0644. The highest BCUT2D eigenvalue weighted by Gasteiger charge is 2.18. The van der Waals surface area contributed by atoms with E-state index in [0.717, 1.165) is 26.2 Å². The van der Waals surface area contributed by atoms with Gasteiger partial charge in [-0.25, -0.2) is 0 Å². The van der Waals surface area contributed by atoms with Crippen molar-refractivity contribution in [2.24, 2.45) is 0 Å². The maximum Gasteiger partial charge on any atom is 0.0893 e. The summed E-state index contributed by atoms with van der Waals surface area (Å²) in [4.78, 5) is 6.21. The Hall–Kier alpha value is -1.69. The van der Waals surface area contributed by atoms with Crippen molar-refractivity contribution >= 4 is 29.7 Å². The highest BCUT2D eigenvalue weighted by atomic mass is 32.2. The third-order valence-corrected chi connectivity index (χ3v) is 6.24. The number of rotatable bonds is 4. The van der Waals surface area contributed by atoms with Gasteiger partial charge < -0.3 is 19.1 Å². The maximum absolute atomic E-state index is 5.85. The molecule has 0 saturated carbocycles. The van der Waals surface area contributed by atoms with Crippen molar-refractivity contribution in [2.45, 2.75) is 36.5 Å². The molecule has 0 spiro atoms. The first kappa shape index (κ1) is 17.7. The Morgan fingerprint density at radius 3 is 2.69 bits per heavy atom. The molecule has 2 aliphatic rings. The second-order valence-electron chi connectivity index (χ2n) is 7.34. The van der Waals surface area contributed by atoms with Gasteiger partial charge in [-0.05, 0) is 50.7 Å². The predicted molar refractivity (Wildman–Crippen MR) is 110 cm³/mol. The van der Waals surface area contributed by atoms with E-state index in [1.165, 1.54) is 26.7 Å². The lowest BCUT2D eigenvalue weighted by Crippen LogP contribution is -2.44. The first-order chi connectivity index (χ1) is 12.6. The Morgan fingerprint density at radius 1 is 1.12 bits per heavy atom. The zero-order chi connectivity index (χ0) is 18.1. The molecule has 0 unspecified atom stereocenters. The summed E-state index contributed by atoms with van der Waals surface area (Å²) < 4.78 is 8.05. The van der Waals surface area contributed by atoms with E-state index in [9.17, 15) is 0 Å². The molecule has 0 amide bonds. The van der Waals surface area contributed by atoms with Crippen molar-refractivity contribution < 1.29 is 4.74 Å². The topological polar surface area (TPSA) is 20.6 Å². The Labute approximate surface area is 160 Å². The summed E-state index contributed by atoms with van der Waals surface area (Å²) in [5.41, 5.74) is 3.87. The number of nitrogens with zero attached hydrogens (tertiary/aromatic N) is 3. The van der Waals surface area contributed by atoms with E-state index < -0.39 is 0 Å². The van der Waals surface area contributed by atoms with Crippen LogP contribution in [0.5, 0.6) is 0 Å². The standard InChI is InChI=1S/C21H27N3OS/c1-16(2)25-15-18-7-9-24-8-6-17-4-5-19(14-20(17)26-21(18)24)23-12-10-22(3)11-13-23/h4-9,14,16H,10-13,15H2,1-3H3. The number of fused-ring (bicyclic) bond motifs is 2. The van der Waals surface area contributed by atoms with E-state index in [-0.39, 0.29) is 6.10 Å². The smallest absolute Gasteiger partial charge is 0.0893 e. The molecule has 0 radical (unpaired) electrons. The van der Waals surface area contributed by atoms with Crippen LogP contribution in [0.1, 0.15) is 25.0 Å². The summed E-state index contributed by atoms with van der Waals surface area (Å²) in [6.07, 6.45) is 6.74. The largest absolute Gasteiger partial charge is 0.374 e. The molecule has 4 nitrogen and oxygen atoms in total.